The van der Waals surface area contributed by atoms with Crippen molar-refractivity contribution in [1.82, 2.24) is 5.32 Å². The highest BCUT2D eigenvalue weighted by Gasteiger charge is 2.28. The number of aromatic hydroxyl groups is 1. The van der Waals surface area contributed by atoms with Gasteiger partial charge in [-0.3, -0.25) is 4.79 Å². The minimum atomic E-state index is -0.178. The SMILES string of the molecule is CN/C=C/c1c(O)c(C)c2c(c1C(C)=O)OCO2. The van der Waals surface area contributed by atoms with Crippen LogP contribution in [-0.4, -0.2) is 24.7 Å². The summed E-state index contributed by atoms with van der Waals surface area (Å²) in [5, 5.41) is 13.0. The molecule has 0 fully saturated rings. The predicted molar refractivity (Wildman–Crippen MR) is 67.1 cm³/mol. The molecular weight excluding hydrogens is 234 g/mol. The van der Waals surface area contributed by atoms with Gasteiger partial charge in [0, 0.05) is 18.2 Å². The van der Waals surface area contributed by atoms with Gasteiger partial charge in [-0.2, -0.15) is 0 Å². The van der Waals surface area contributed by atoms with Gasteiger partial charge in [0.05, 0.1) is 5.56 Å². The molecule has 0 spiro atoms. The maximum atomic E-state index is 11.8. The Labute approximate surface area is 105 Å². The molecule has 1 aliphatic rings. The molecule has 0 amide bonds. The van der Waals surface area contributed by atoms with Gasteiger partial charge in [-0.15, -0.1) is 0 Å². The van der Waals surface area contributed by atoms with Crippen LogP contribution < -0.4 is 14.8 Å². The number of ether oxygens (including phenoxy) is 2. The van der Waals surface area contributed by atoms with Crippen molar-refractivity contribution in [2.45, 2.75) is 13.8 Å². The Morgan fingerprint density at radius 1 is 1.39 bits per heavy atom. The molecule has 5 heteroatoms. The summed E-state index contributed by atoms with van der Waals surface area (Å²) in [6, 6.07) is 0. The Morgan fingerprint density at radius 2 is 2.06 bits per heavy atom. The molecule has 18 heavy (non-hydrogen) atoms. The third kappa shape index (κ3) is 1.77. The van der Waals surface area contributed by atoms with Gasteiger partial charge in [-0.1, -0.05) is 0 Å². The van der Waals surface area contributed by atoms with E-state index in [-0.39, 0.29) is 18.3 Å². The normalized spacial score (nSPS) is 13.1. The molecule has 0 radical (unpaired) electrons. The topological polar surface area (TPSA) is 67.8 Å². The first kappa shape index (κ1) is 12.3. The number of Topliss-reactive ketones (excluding diaryl/α,β-unsaturated/α-hetero) is 1. The first-order valence-corrected chi connectivity index (χ1v) is 5.57. The van der Waals surface area contributed by atoms with Gasteiger partial charge in [0.25, 0.3) is 0 Å². The number of phenols is 1. The second-order valence-corrected chi connectivity index (χ2v) is 4.01. The number of carbonyl (C=O) groups excluding carboxylic acids is 1. The molecule has 0 atom stereocenters. The van der Waals surface area contributed by atoms with Gasteiger partial charge >= 0.3 is 0 Å². The Hall–Kier alpha value is -2.17. The van der Waals surface area contributed by atoms with Gasteiger partial charge in [0.2, 0.25) is 6.79 Å². The smallest absolute Gasteiger partial charge is 0.231 e. The fourth-order valence-corrected chi connectivity index (χ4v) is 1.97. The summed E-state index contributed by atoms with van der Waals surface area (Å²) in [5.74, 6) is 0.714. The lowest BCUT2D eigenvalue weighted by atomic mass is 9.97. The van der Waals surface area contributed by atoms with E-state index in [0.717, 1.165) is 0 Å². The highest BCUT2D eigenvalue weighted by atomic mass is 16.7. The molecule has 0 unspecified atom stereocenters. The van der Waals surface area contributed by atoms with Crippen LogP contribution in [0.25, 0.3) is 6.08 Å². The first-order chi connectivity index (χ1) is 8.57. The van der Waals surface area contributed by atoms with Crippen molar-refractivity contribution in [3.8, 4) is 17.2 Å². The zero-order chi connectivity index (χ0) is 13.3. The van der Waals surface area contributed by atoms with Crippen molar-refractivity contribution < 1.29 is 19.4 Å². The zero-order valence-electron chi connectivity index (χ0n) is 10.5. The molecule has 1 aromatic carbocycles. The average molecular weight is 249 g/mol. The summed E-state index contributed by atoms with van der Waals surface area (Å²) >= 11 is 0. The molecule has 0 aliphatic carbocycles. The van der Waals surface area contributed by atoms with Crippen LogP contribution in [0.2, 0.25) is 0 Å². The largest absolute Gasteiger partial charge is 0.507 e. The van der Waals surface area contributed by atoms with Crippen LogP contribution in [0.1, 0.15) is 28.4 Å². The molecule has 96 valence electrons. The molecule has 2 N–H and O–H groups in total. The van der Waals surface area contributed by atoms with E-state index in [4.69, 9.17) is 9.47 Å². The summed E-state index contributed by atoms with van der Waals surface area (Å²) in [7, 11) is 1.74. The third-order valence-electron chi connectivity index (χ3n) is 2.83. The van der Waals surface area contributed by atoms with Crippen LogP contribution in [0.15, 0.2) is 6.20 Å². The summed E-state index contributed by atoms with van der Waals surface area (Å²) in [5.41, 5.74) is 1.36. The van der Waals surface area contributed by atoms with Gasteiger partial charge in [-0.05, 0) is 26.1 Å². The Balaban J connectivity index is 2.74. The number of rotatable bonds is 3. The van der Waals surface area contributed by atoms with E-state index in [1.54, 1.807) is 26.2 Å². The lowest BCUT2D eigenvalue weighted by molar-refractivity contribution is 0.101. The molecule has 0 bridgehead atoms. The summed E-state index contributed by atoms with van der Waals surface area (Å²) in [6.07, 6.45) is 3.28. The number of hydrogen-bond acceptors (Lipinski definition) is 5. The number of phenolic OH excluding ortho intramolecular Hbond substituents is 1. The van der Waals surface area contributed by atoms with Gasteiger partial charge in [0.15, 0.2) is 17.3 Å². The lowest BCUT2D eigenvalue weighted by Crippen LogP contribution is -2.02. The van der Waals surface area contributed by atoms with E-state index in [0.29, 0.717) is 28.2 Å². The maximum Gasteiger partial charge on any atom is 0.231 e. The molecule has 5 nitrogen and oxygen atoms in total. The van der Waals surface area contributed by atoms with Crippen LogP contribution in [0, 0.1) is 6.92 Å². The monoisotopic (exact) mass is 249 g/mol. The zero-order valence-corrected chi connectivity index (χ0v) is 10.5. The van der Waals surface area contributed by atoms with Crippen molar-refractivity contribution in [1.29, 1.82) is 0 Å². The summed E-state index contributed by atoms with van der Waals surface area (Å²) < 4.78 is 10.6. The van der Waals surface area contributed by atoms with E-state index in [9.17, 15) is 9.90 Å². The van der Waals surface area contributed by atoms with Gasteiger partial charge < -0.3 is 19.9 Å². The predicted octanol–water partition coefficient (Wildman–Crippen LogP) is 1.82. The highest BCUT2D eigenvalue weighted by molar-refractivity contribution is 6.03. The molecule has 1 aliphatic heterocycles. The fourth-order valence-electron chi connectivity index (χ4n) is 1.97. The number of fused-ring (bicyclic) bond motifs is 1. The van der Waals surface area contributed by atoms with Crippen LogP contribution in [0.3, 0.4) is 0 Å². The summed E-state index contributed by atoms with van der Waals surface area (Å²) in [4.78, 5) is 11.8. The lowest BCUT2D eigenvalue weighted by Gasteiger charge is -2.12. The van der Waals surface area contributed by atoms with Crippen LogP contribution in [0.5, 0.6) is 17.2 Å². The van der Waals surface area contributed by atoms with Gasteiger partial charge in [0.1, 0.15) is 5.75 Å². The fraction of sp³-hybridized carbons (Fsp3) is 0.308. The van der Waals surface area contributed by atoms with E-state index < -0.39 is 0 Å². The number of carbonyl (C=O) groups is 1. The minimum Gasteiger partial charge on any atom is -0.507 e. The average Bonchev–Trinajstić information content (AvgIpc) is 2.80. The van der Waals surface area contributed by atoms with Crippen molar-refractivity contribution in [2.24, 2.45) is 0 Å². The molecule has 2 rings (SSSR count). The number of hydrogen-bond donors (Lipinski definition) is 2. The van der Waals surface area contributed by atoms with Crippen LogP contribution in [0.4, 0.5) is 0 Å². The van der Waals surface area contributed by atoms with Gasteiger partial charge in [-0.25, -0.2) is 0 Å². The molecule has 0 saturated carbocycles. The Kier molecular flexibility index (Phi) is 3.14. The maximum absolute atomic E-state index is 11.8. The van der Waals surface area contributed by atoms with Crippen LogP contribution in [-0.2, 0) is 0 Å². The standard InChI is InChI=1S/C13H15NO4/c1-7-11(16)9(4-5-14-3)10(8(2)15)13-12(7)17-6-18-13/h4-5,14,16H,6H2,1-3H3/b5-4+. The van der Waals surface area contributed by atoms with E-state index in [1.165, 1.54) is 6.92 Å². The number of benzene rings is 1. The van der Waals surface area contributed by atoms with E-state index in [1.807, 2.05) is 0 Å². The molecule has 1 heterocycles. The third-order valence-corrected chi connectivity index (χ3v) is 2.83. The second-order valence-electron chi connectivity index (χ2n) is 4.01. The van der Waals surface area contributed by atoms with E-state index >= 15 is 0 Å². The summed E-state index contributed by atoms with van der Waals surface area (Å²) in [6.45, 7) is 3.22. The van der Waals surface area contributed by atoms with Crippen molar-refractivity contribution in [2.75, 3.05) is 13.8 Å². The van der Waals surface area contributed by atoms with Crippen LogP contribution >= 0.6 is 0 Å². The number of nitrogens with one attached hydrogen (secondary N) is 1. The molecule has 1 aromatic rings. The number of ketones is 1. The first-order valence-electron chi connectivity index (χ1n) is 5.57. The molecular formula is C13H15NO4. The highest BCUT2D eigenvalue weighted by Crippen LogP contribution is 2.46. The Bertz CT molecular complexity index is 535. The van der Waals surface area contributed by atoms with E-state index in [2.05, 4.69) is 5.32 Å². The van der Waals surface area contributed by atoms with Crippen molar-refractivity contribution in [3.05, 3.63) is 22.9 Å². The Morgan fingerprint density at radius 3 is 2.67 bits per heavy atom. The molecule has 0 saturated heterocycles. The van der Waals surface area contributed by atoms with Crippen molar-refractivity contribution in [3.63, 3.8) is 0 Å². The quantitative estimate of drug-likeness (QED) is 0.800. The van der Waals surface area contributed by atoms with Crippen molar-refractivity contribution >= 4 is 11.9 Å². The second kappa shape index (κ2) is 4.60. The molecule has 0 aromatic heterocycles. The minimum absolute atomic E-state index is 0.0379.